The summed E-state index contributed by atoms with van der Waals surface area (Å²) in [5.41, 5.74) is 4.91. The summed E-state index contributed by atoms with van der Waals surface area (Å²) < 4.78 is 5.52. The number of amides is 2. The Kier molecular flexibility index (Phi) is 6.23. The quantitative estimate of drug-likeness (QED) is 0.481. The summed E-state index contributed by atoms with van der Waals surface area (Å²) in [6.45, 7) is 0.148. The van der Waals surface area contributed by atoms with Gasteiger partial charge >= 0.3 is 12.1 Å². The fourth-order valence-corrected chi connectivity index (χ4v) is 5.44. The number of carboxylic acid groups (broad SMARTS) is 1. The fourth-order valence-electron chi connectivity index (χ4n) is 4.75. The number of nitrogens with zero attached hydrogens (tertiary/aromatic N) is 2. The molecule has 1 aliphatic heterocycles. The van der Waals surface area contributed by atoms with Gasteiger partial charge in [-0.05, 0) is 22.3 Å². The van der Waals surface area contributed by atoms with Crippen molar-refractivity contribution in [3.8, 4) is 11.1 Å². The van der Waals surface area contributed by atoms with Gasteiger partial charge in [-0.15, -0.1) is 11.3 Å². The van der Waals surface area contributed by atoms with Crippen molar-refractivity contribution < 1.29 is 29.3 Å². The molecule has 0 saturated carbocycles. The largest absolute Gasteiger partial charge is 0.480 e. The Morgan fingerprint density at radius 1 is 1.09 bits per heavy atom. The van der Waals surface area contributed by atoms with Crippen LogP contribution < -0.4 is 5.32 Å². The minimum absolute atomic E-state index is 0.00668. The lowest BCUT2D eigenvalue weighted by atomic mass is 9.98. The molecule has 2 heterocycles. The number of anilines is 1. The standard InChI is InChI=1S/C25H23N3O6S/c29-15-10-21(23(31)32)28(11-15)22(30)9-14-13-35-24(26-14)27-25(33)34-12-20-18-7-3-1-5-16(18)17-6-2-4-8-19(17)20/h1-8,13,15,20-21,29H,9-12H2,(H,31,32)(H,26,27,33)/t15-,21-/m1/s1. The Balaban J connectivity index is 1.18. The maximum Gasteiger partial charge on any atom is 0.413 e. The Labute approximate surface area is 205 Å². The molecule has 2 aromatic carbocycles. The molecule has 1 saturated heterocycles. The summed E-state index contributed by atoms with van der Waals surface area (Å²) in [4.78, 5) is 41.8. The Hall–Kier alpha value is -3.76. The van der Waals surface area contributed by atoms with E-state index >= 15 is 0 Å². The van der Waals surface area contributed by atoms with E-state index in [0.717, 1.165) is 38.5 Å². The number of ether oxygens (including phenoxy) is 1. The van der Waals surface area contributed by atoms with Crippen LogP contribution in [-0.2, 0) is 20.7 Å². The van der Waals surface area contributed by atoms with Crippen LogP contribution in [0.3, 0.4) is 0 Å². The van der Waals surface area contributed by atoms with Gasteiger partial charge in [-0.3, -0.25) is 10.1 Å². The van der Waals surface area contributed by atoms with E-state index in [4.69, 9.17) is 4.74 Å². The zero-order chi connectivity index (χ0) is 24.5. The van der Waals surface area contributed by atoms with Crippen LogP contribution >= 0.6 is 11.3 Å². The first-order chi connectivity index (χ1) is 16.9. The molecule has 0 unspecified atom stereocenters. The number of carboxylic acids is 1. The molecule has 3 N–H and O–H groups in total. The van der Waals surface area contributed by atoms with Crippen molar-refractivity contribution in [1.29, 1.82) is 0 Å². The van der Waals surface area contributed by atoms with E-state index < -0.39 is 30.1 Å². The number of aliphatic carboxylic acids is 1. The lowest BCUT2D eigenvalue weighted by Gasteiger charge is -2.20. The number of likely N-dealkylation sites (tertiary alicyclic amines) is 1. The number of carbonyl (C=O) groups is 3. The molecule has 2 atom stereocenters. The number of hydrogen-bond donors (Lipinski definition) is 3. The second kappa shape index (κ2) is 9.47. The SMILES string of the molecule is O=C(Nc1nc(CC(=O)N2C[C@H](O)C[C@@H]2C(=O)O)cs1)OCC1c2ccccc2-c2ccccc21. The van der Waals surface area contributed by atoms with Crippen LogP contribution in [0.1, 0.15) is 29.2 Å². The topological polar surface area (TPSA) is 129 Å². The number of aliphatic hydroxyl groups is 1. The molecule has 2 aliphatic rings. The summed E-state index contributed by atoms with van der Waals surface area (Å²) >= 11 is 1.15. The first-order valence-corrected chi connectivity index (χ1v) is 12.1. The van der Waals surface area contributed by atoms with Gasteiger partial charge in [0, 0.05) is 24.3 Å². The molecule has 35 heavy (non-hydrogen) atoms. The Bertz CT molecular complexity index is 1250. The van der Waals surface area contributed by atoms with Gasteiger partial charge in [0.2, 0.25) is 5.91 Å². The minimum Gasteiger partial charge on any atom is -0.480 e. The highest BCUT2D eigenvalue weighted by atomic mass is 32.1. The molecular weight excluding hydrogens is 470 g/mol. The van der Waals surface area contributed by atoms with Crippen molar-refractivity contribution in [2.45, 2.75) is 30.9 Å². The van der Waals surface area contributed by atoms with E-state index in [2.05, 4.69) is 22.4 Å². The van der Waals surface area contributed by atoms with Gasteiger partial charge in [0.25, 0.3) is 0 Å². The van der Waals surface area contributed by atoms with Gasteiger partial charge in [-0.25, -0.2) is 14.6 Å². The summed E-state index contributed by atoms with van der Waals surface area (Å²) in [7, 11) is 0. The maximum atomic E-state index is 12.6. The van der Waals surface area contributed by atoms with Crippen molar-refractivity contribution in [3.05, 3.63) is 70.7 Å². The monoisotopic (exact) mass is 493 g/mol. The summed E-state index contributed by atoms with van der Waals surface area (Å²) in [6, 6.07) is 15.1. The fraction of sp³-hybridized carbons (Fsp3) is 0.280. The van der Waals surface area contributed by atoms with Crippen molar-refractivity contribution in [2.24, 2.45) is 0 Å². The predicted molar refractivity (Wildman–Crippen MR) is 128 cm³/mol. The van der Waals surface area contributed by atoms with Gasteiger partial charge in [0.05, 0.1) is 18.2 Å². The number of β-amino-alcohol motifs (C(OH)–C–C–N with tert-alkyl or cyclic N) is 1. The molecule has 0 bridgehead atoms. The van der Waals surface area contributed by atoms with Crippen LogP contribution in [0.25, 0.3) is 11.1 Å². The Morgan fingerprint density at radius 3 is 2.40 bits per heavy atom. The molecule has 0 radical (unpaired) electrons. The maximum absolute atomic E-state index is 12.6. The predicted octanol–water partition coefficient (Wildman–Crippen LogP) is 3.09. The normalized spacial score (nSPS) is 18.7. The molecule has 2 amide bonds. The van der Waals surface area contributed by atoms with Crippen LogP contribution in [0, 0.1) is 0 Å². The Morgan fingerprint density at radius 2 is 1.74 bits per heavy atom. The van der Waals surface area contributed by atoms with Crippen molar-refractivity contribution in [1.82, 2.24) is 9.88 Å². The van der Waals surface area contributed by atoms with E-state index in [1.165, 1.54) is 0 Å². The van der Waals surface area contributed by atoms with E-state index in [-0.39, 0.29) is 37.0 Å². The van der Waals surface area contributed by atoms with Gasteiger partial charge in [0.15, 0.2) is 5.13 Å². The highest BCUT2D eigenvalue weighted by molar-refractivity contribution is 7.13. The number of aliphatic hydroxyl groups excluding tert-OH is 1. The second-order valence-electron chi connectivity index (χ2n) is 8.56. The molecular formula is C25H23N3O6S. The average Bonchev–Trinajstić information content (AvgIpc) is 3.53. The highest BCUT2D eigenvalue weighted by Crippen LogP contribution is 2.44. The van der Waals surface area contributed by atoms with Crippen molar-refractivity contribution in [2.75, 3.05) is 18.5 Å². The third-order valence-electron chi connectivity index (χ3n) is 6.32. The third-order valence-corrected chi connectivity index (χ3v) is 7.13. The van der Waals surface area contributed by atoms with Crippen molar-refractivity contribution >= 4 is 34.4 Å². The van der Waals surface area contributed by atoms with Crippen LogP contribution in [0.5, 0.6) is 0 Å². The van der Waals surface area contributed by atoms with E-state index in [1.807, 2.05) is 36.4 Å². The summed E-state index contributed by atoms with van der Waals surface area (Å²) in [5, 5.41) is 23.5. The zero-order valence-electron chi connectivity index (χ0n) is 18.6. The zero-order valence-corrected chi connectivity index (χ0v) is 19.4. The molecule has 3 aromatic rings. The first-order valence-electron chi connectivity index (χ1n) is 11.2. The molecule has 0 spiro atoms. The van der Waals surface area contributed by atoms with E-state index in [1.54, 1.807) is 5.38 Å². The molecule has 9 nitrogen and oxygen atoms in total. The number of carbonyl (C=O) groups excluding carboxylic acids is 2. The smallest absolute Gasteiger partial charge is 0.413 e. The number of rotatable bonds is 6. The van der Waals surface area contributed by atoms with Crippen LogP contribution in [0.2, 0.25) is 0 Å². The molecule has 10 heteroatoms. The number of thiazole rings is 1. The number of nitrogens with one attached hydrogen (secondary N) is 1. The van der Waals surface area contributed by atoms with Gasteiger partial charge in [-0.1, -0.05) is 48.5 Å². The number of aromatic nitrogens is 1. The van der Waals surface area contributed by atoms with Crippen LogP contribution in [-0.4, -0.2) is 63.4 Å². The number of fused-ring (bicyclic) bond motifs is 3. The first kappa shape index (κ1) is 23.0. The summed E-state index contributed by atoms with van der Waals surface area (Å²) in [5.74, 6) is -1.65. The van der Waals surface area contributed by atoms with Gasteiger partial charge < -0.3 is 19.8 Å². The van der Waals surface area contributed by atoms with Gasteiger partial charge in [0.1, 0.15) is 12.6 Å². The molecule has 1 aromatic heterocycles. The summed E-state index contributed by atoms with van der Waals surface area (Å²) in [6.07, 6.45) is -1.62. The molecule has 1 fully saturated rings. The highest BCUT2D eigenvalue weighted by Gasteiger charge is 2.39. The lowest BCUT2D eigenvalue weighted by Crippen LogP contribution is -2.41. The number of hydrogen-bond acceptors (Lipinski definition) is 7. The van der Waals surface area contributed by atoms with Crippen LogP contribution in [0.4, 0.5) is 9.93 Å². The third kappa shape index (κ3) is 4.62. The lowest BCUT2D eigenvalue weighted by molar-refractivity contribution is -0.148. The molecule has 180 valence electrons. The van der Waals surface area contributed by atoms with E-state index in [9.17, 15) is 24.6 Å². The van der Waals surface area contributed by atoms with Gasteiger partial charge in [-0.2, -0.15) is 0 Å². The molecule has 1 aliphatic carbocycles. The number of benzene rings is 2. The van der Waals surface area contributed by atoms with Crippen LogP contribution in [0.15, 0.2) is 53.9 Å². The minimum atomic E-state index is -1.15. The van der Waals surface area contributed by atoms with E-state index in [0.29, 0.717) is 5.69 Å². The van der Waals surface area contributed by atoms with Crippen molar-refractivity contribution in [3.63, 3.8) is 0 Å². The average molecular weight is 494 g/mol. The molecule has 5 rings (SSSR count). The second-order valence-corrected chi connectivity index (χ2v) is 9.42.